The molecule has 5 heteroatoms. The van der Waals surface area contributed by atoms with Crippen molar-refractivity contribution in [2.24, 2.45) is 0 Å². The Morgan fingerprint density at radius 2 is 1.43 bits per heavy atom. The maximum Gasteiger partial charge on any atom is 0.143 e. The zero-order valence-electron chi connectivity index (χ0n) is 27.3. The van der Waals surface area contributed by atoms with E-state index in [1.807, 2.05) is 0 Å². The van der Waals surface area contributed by atoms with Crippen molar-refractivity contribution in [3.05, 3.63) is 108 Å². The van der Waals surface area contributed by atoms with Crippen molar-refractivity contribution in [3.8, 4) is 11.3 Å². The molecule has 0 saturated heterocycles. The van der Waals surface area contributed by atoms with Crippen LogP contribution in [0.4, 0.5) is 0 Å². The minimum atomic E-state index is -0.0302. The lowest BCUT2D eigenvalue weighted by molar-refractivity contribution is 0.586. The van der Waals surface area contributed by atoms with Crippen molar-refractivity contribution in [1.29, 1.82) is 0 Å². The zero-order chi connectivity index (χ0) is 32.0. The SMILES string of the molecule is Cc1cc(Sc2cc(C(C)(C)C)cc(-c3cccc(C(C)(C)C)c3)n2)nc2c1sc1cccc3oc4c5ccccc5cc2c4c31. The predicted molar refractivity (Wildman–Crippen MR) is 198 cm³/mol. The Kier molecular flexibility index (Phi) is 6.62. The number of nitrogens with zero attached hydrogens (tertiary/aromatic N) is 2. The number of fused-ring (bicyclic) bond motifs is 4. The van der Waals surface area contributed by atoms with Crippen LogP contribution in [0.5, 0.6) is 0 Å². The fraction of sp³-hybridized carbons (Fsp3) is 0.220. The molecule has 4 aromatic carbocycles. The normalized spacial score (nSPS) is 12.8. The van der Waals surface area contributed by atoms with E-state index in [1.165, 1.54) is 31.5 Å². The second kappa shape index (κ2) is 10.4. The summed E-state index contributed by atoms with van der Waals surface area (Å²) in [6, 6.07) is 32.7. The molecule has 0 unspecified atom stereocenters. The maximum atomic E-state index is 6.57. The molecule has 4 heterocycles. The molecule has 0 saturated carbocycles. The van der Waals surface area contributed by atoms with Crippen LogP contribution in [0.2, 0.25) is 0 Å². The summed E-state index contributed by atoms with van der Waals surface area (Å²) in [5.41, 5.74) is 8.80. The molecular weight excluding hydrogens is 601 g/mol. The summed E-state index contributed by atoms with van der Waals surface area (Å²) in [5, 5.41) is 7.63. The van der Waals surface area contributed by atoms with Gasteiger partial charge in [0.25, 0.3) is 0 Å². The molecule has 0 amide bonds. The number of hydrogen-bond donors (Lipinski definition) is 0. The van der Waals surface area contributed by atoms with Crippen LogP contribution in [-0.2, 0) is 10.8 Å². The summed E-state index contributed by atoms with van der Waals surface area (Å²) in [6.07, 6.45) is 0. The molecule has 0 aliphatic heterocycles. The van der Waals surface area contributed by atoms with Gasteiger partial charge in [-0.3, -0.25) is 0 Å². The van der Waals surface area contributed by atoms with Gasteiger partial charge in [-0.2, -0.15) is 0 Å². The highest BCUT2D eigenvalue weighted by Gasteiger charge is 2.22. The van der Waals surface area contributed by atoms with Crippen molar-refractivity contribution < 1.29 is 4.42 Å². The molecule has 0 fully saturated rings. The highest BCUT2D eigenvalue weighted by Crippen LogP contribution is 2.45. The summed E-state index contributed by atoms with van der Waals surface area (Å²) in [6.45, 7) is 15.8. The first-order chi connectivity index (χ1) is 21.9. The Balaban J connectivity index is 1.35. The van der Waals surface area contributed by atoms with Gasteiger partial charge in [-0.15, -0.1) is 11.3 Å². The Bertz CT molecular complexity index is 2490. The van der Waals surface area contributed by atoms with Crippen molar-refractivity contribution >= 4 is 76.1 Å². The van der Waals surface area contributed by atoms with Gasteiger partial charge in [0.05, 0.1) is 15.9 Å². The summed E-state index contributed by atoms with van der Waals surface area (Å²) in [4.78, 5) is 10.6. The fourth-order valence-corrected chi connectivity index (χ4v) is 8.45. The Labute approximate surface area is 277 Å². The largest absolute Gasteiger partial charge is 0.455 e. The van der Waals surface area contributed by atoms with Gasteiger partial charge in [0.1, 0.15) is 21.2 Å². The van der Waals surface area contributed by atoms with E-state index in [4.69, 9.17) is 14.4 Å². The van der Waals surface area contributed by atoms with Crippen LogP contribution in [0.15, 0.2) is 105 Å². The Morgan fingerprint density at radius 3 is 2.24 bits per heavy atom. The van der Waals surface area contributed by atoms with Crippen LogP contribution in [0.1, 0.15) is 58.2 Å². The van der Waals surface area contributed by atoms with Gasteiger partial charge in [0.15, 0.2) is 0 Å². The number of hydrogen-bond acceptors (Lipinski definition) is 5. The van der Waals surface area contributed by atoms with Gasteiger partial charge in [-0.05, 0) is 82.3 Å². The predicted octanol–water partition coefficient (Wildman–Crippen LogP) is 12.6. The second-order valence-electron chi connectivity index (χ2n) is 14.4. The van der Waals surface area contributed by atoms with E-state index in [9.17, 15) is 0 Å². The molecule has 0 bridgehead atoms. The first-order valence-electron chi connectivity index (χ1n) is 15.8. The number of furan rings is 1. The highest BCUT2D eigenvalue weighted by atomic mass is 32.2. The van der Waals surface area contributed by atoms with Gasteiger partial charge < -0.3 is 4.42 Å². The van der Waals surface area contributed by atoms with Gasteiger partial charge in [-0.25, -0.2) is 9.97 Å². The number of aromatic nitrogens is 2. The van der Waals surface area contributed by atoms with Crippen molar-refractivity contribution in [2.45, 2.75) is 69.3 Å². The van der Waals surface area contributed by atoms with Crippen LogP contribution in [-0.4, -0.2) is 9.97 Å². The number of benzene rings is 4. The summed E-state index contributed by atoms with van der Waals surface area (Å²) >= 11 is 3.44. The van der Waals surface area contributed by atoms with Crippen LogP contribution in [0.3, 0.4) is 0 Å². The van der Waals surface area contributed by atoms with E-state index in [-0.39, 0.29) is 10.8 Å². The van der Waals surface area contributed by atoms with E-state index in [2.05, 4.69) is 139 Å². The third-order valence-electron chi connectivity index (χ3n) is 8.96. The second-order valence-corrected chi connectivity index (χ2v) is 16.5. The number of rotatable bonds is 3. The molecule has 0 atom stereocenters. The lowest BCUT2D eigenvalue weighted by Crippen LogP contribution is -2.12. The summed E-state index contributed by atoms with van der Waals surface area (Å²) < 4.78 is 8.97. The van der Waals surface area contributed by atoms with Crippen molar-refractivity contribution in [2.75, 3.05) is 0 Å². The molecule has 0 radical (unpaired) electrons. The molecule has 228 valence electrons. The smallest absolute Gasteiger partial charge is 0.143 e. The van der Waals surface area contributed by atoms with Gasteiger partial charge in [-0.1, -0.05) is 102 Å². The minimum Gasteiger partial charge on any atom is -0.455 e. The minimum absolute atomic E-state index is 0.0302. The Hall–Kier alpha value is -4.19. The fourth-order valence-electron chi connectivity index (χ4n) is 6.39. The summed E-state index contributed by atoms with van der Waals surface area (Å²) in [5.74, 6) is 0. The van der Waals surface area contributed by atoms with E-state index in [0.29, 0.717) is 0 Å². The van der Waals surface area contributed by atoms with Gasteiger partial charge in [0, 0.05) is 31.8 Å². The molecule has 4 aromatic heterocycles. The molecule has 46 heavy (non-hydrogen) atoms. The zero-order valence-corrected chi connectivity index (χ0v) is 28.9. The van der Waals surface area contributed by atoms with E-state index < -0.39 is 0 Å². The Morgan fingerprint density at radius 1 is 0.674 bits per heavy atom. The van der Waals surface area contributed by atoms with Crippen molar-refractivity contribution in [3.63, 3.8) is 0 Å². The first kappa shape index (κ1) is 29.2. The number of aryl methyl sites for hydroxylation is 1. The monoisotopic (exact) mass is 636 g/mol. The van der Waals surface area contributed by atoms with Crippen LogP contribution in [0.25, 0.3) is 64.3 Å². The van der Waals surface area contributed by atoms with Crippen LogP contribution in [0, 0.1) is 6.92 Å². The van der Waals surface area contributed by atoms with E-state index in [0.717, 1.165) is 59.5 Å². The lowest BCUT2D eigenvalue weighted by atomic mass is 9.84. The third kappa shape index (κ3) is 4.88. The van der Waals surface area contributed by atoms with Crippen molar-refractivity contribution in [1.82, 2.24) is 9.97 Å². The quantitative estimate of drug-likeness (QED) is 0.193. The van der Waals surface area contributed by atoms with Gasteiger partial charge in [0.2, 0.25) is 0 Å². The number of pyridine rings is 2. The molecule has 0 aliphatic rings. The average molecular weight is 637 g/mol. The molecule has 8 rings (SSSR count). The lowest BCUT2D eigenvalue weighted by Gasteiger charge is -2.22. The van der Waals surface area contributed by atoms with Crippen LogP contribution < -0.4 is 0 Å². The standard InChI is InChI=1S/C41H36N2OS2/c1-23-18-33(46-34-22-27(41(5,6)7)21-30(42-34)25-13-10-14-26(19-25)40(2,3)4)43-37-29-20-24-12-8-9-15-28(24)38-35(29)36-31(44-38)16-11-17-32(36)45-39(23)37/h8-22H,1-7H3. The van der Waals surface area contributed by atoms with E-state index >= 15 is 0 Å². The topological polar surface area (TPSA) is 38.9 Å². The third-order valence-corrected chi connectivity index (χ3v) is 11.1. The van der Waals surface area contributed by atoms with Crippen LogP contribution >= 0.6 is 23.1 Å². The molecule has 0 N–H and O–H groups in total. The maximum absolute atomic E-state index is 6.57. The average Bonchev–Trinajstić information content (AvgIpc) is 3.35. The molecular formula is C41H36N2OS2. The molecule has 0 aliphatic carbocycles. The summed E-state index contributed by atoms with van der Waals surface area (Å²) in [7, 11) is 0. The molecule has 3 nitrogen and oxygen atoms in total. The molecule has 0 spiro atoms. The highest BCUT2D eigenvalue weighted by molar-refractivity contribution is 7.99. The van der Waals surface area contributed by atoms with E-state index in [1.54, 1.807) is 23.1 Å². The first-order valence-corrected chi connectivity index (χ1v) is 17.5. The van der Waals surface area contributed by atoms with Gasteiger partial charge >= 0.3 is 0 Å². The molecule has 8 aromatic rings.